The largest absolute Gasteiger partial charge is 0.477 e. The average molecular weight is 183 g/mol. The van der Waals surface area contributed by atoms with Gasteiger partial charge in [-0.3, -0.25) is 0 Å². The maximum absolute atomic E-state index is 10.8. The molecule has 13 heavy (non-hydrogen) atoms. The molecule has 72 valence electrons. The van der Waals surface area contributed by atoms with Crippen molar-refractivity contribution in [2.75, 3.05) is 13.7 Å². The number of hydrogen-bond donors (Lipinski definition) is 1. The molecule has 0 saturated heterocycles. The van der Waals surface area contributed by atoms with Gasteiger partial charge in [0.05, 0.1) is 6.61 Å². The Kier molecular flexibility index (Phi) is 3.08. The number of aryl methyl sites for hydroxylation is 1. The quantitative estimate of drug-likeness (QED) is 0.761. The molecular formula is C9H13NO3. The van der Waals surface area contributed by atoms with E-state index in [1.165, 1.54) is 0 Å². The van der Waals surface area contributed by atoms with Crippen LogP contribution < -0.4 is 0 Å². The first kappa shape index (κ1) is 9.80. The Labute approximate surface area is 76.7 Å². The van der Waals surface area contributed by atoms with Crippen molar-refractivity contribution in [2.45, 2.75) is 13.5 Å². The Balaban J connectivity index is 2.87. The van der Waals surface area contributed by atoms with E-state index < -0.39 is 5.97 Å². The smallest absolute Gasteiger partial charge is 0.352 e. The molecule has 0 bridgehead atoms. The summed E-state index contributed by atoms with van der Waals surface area (Å²) in [5.41, 5.74) is 1.13. The molecule has 0 aliphatic heterocycles. The van der Waals surface area contributed by atoms with Gasteiger partial charge in [0, 0.05) is 19.9 Å². The fourth-order valence-electron chi connectivity index (χ4n) is 1.25. The van der Waals surface area contributed by atoms with Crippen LogP contribution in [-0.2, 0) is 11.3 Å². The first-order valence-corrected chi connectivity index (χ1v) is 4.04. The molecule has 1 aromatic rings. The Morgan fingerprint density at radius 2 is 2.38 bits per heavy atom. The molecule has 1 heterocycles. The number of hydrogen-bond acceptors (Lipinski definition) is 2. The van der Waals surface area contributed by atoms with Crippen molar-refractivity contribution in [2.24, 2.45) is 0 Å². The highest BCUT2D eigenvalue weighted by molar-refractivity contribution is 5.87. The van der Waals surface area contributed by atoms with Gasteiger partial charge in [-0.05, 0) is 18.6 Å². The van der Waals surface area contributed by atoms with Gasteiger partial charge in [0.25, 0.3) is 0 Å². The first-order chi connectivity index (χ1) is 6.16. The molecule has 0 atom stereocenters. The zero-order valence-electron chi connectivity index (χ0n) is 7.78. The standard InChI is InChI=1S/C9H13NO3/c1-7-3-4-10(5-6-13-2)8(7)9(11)12/h3-4H,5-6H2,1-2H3,(H,11,12). The topological polar surface area (TPSA) is 51.5 Å². The molecule has 0 aliphatic rings. The minimum Gasteiger partial charge on any atom is -0.477 e. The number of ether oxygens (including phenoxy) is 1. The molecule has 4 nitrogen and oxygen atoms in total. The lowest BCUT2D eigenvalue weighted by atomic mass is 10.3. The summed E-state index contributed by atoms with van der Waals surface area (Å²) < 4.78 is 6.56. The molecule has 1 rings (SSSR count). The lowest BCUT2D eigenvalue weighted by Gasteiger charge is -2.05. The second-order valence-corrected chi connectivity index (χ2v) is 2.84. The predicted octanol–water partition coefficient (Wildman–Crippen LogP) is 1.14. The third-order valence-corrected chi connectivity index (χ3v) is 1.90. The second kappa shape index (κ2) is 4.09. The highest BCUT2D eigenvalue weighted by Crippen LogP contribution is 2.09. The van der Waals surface area contributed by atoms with Gasteiger partial charge in [0.15, 0.2) is 0 Å². The first-order valence-electron chi connectivity index (χ1n) is 4.04. The van der Waals surface area contributed by atoms with Gasteiger partial charge in [-0.2, -0.15) is 0 Å². The maximum atomic E-state index is 10.8. The van der Waals surface area contributed by atoms with Gasteiger partial charge < -0.3 is 14.4 Å². The average Bonchev–Trinajstić information content (AvgIpc) is 2.43. The lowest BCUT2D eigenvalue weighted by molar-refractivity contribution is 0.0682. The van der Waals surface area contributed by atoms with Crippen LogP contribution in [0.3, 0.4) is 0 Å². The molecule has 0 amide bonds. The molecule has 1 N–H and O–H groups in total. The van der Waals surface area contributed by atoms with Gasteiger partial charge in [-0.1, -0.05) is 0 Å². The van der Waals surface area contributed by atoms with Crippen molar-refractivity contribution in [3.8, 4) is 0 Å². The highest BCUT2D eigenvalue weighted by atomic mass is 16.5. The van der Waals surface area contributed by atoms with Crippen LogP contribution in [0.4, 0.5) is 0 Å². The number of rotatable bonds is 4. The predicted molar refractivity (Wildman–Crippen MR) is 48.0 cm³/mol. The van der Waals surface area contributed by atoms with E-state index in [2.05, 4.69) is 0 Å². The molecule has 0 fully saturated rings. The Morgan fingerprint density at radius 1 is 1.69 bits per heavy atom. The minimum atomic E-state index is -0.890. The Bertz CT molecular complexity index is 304. The zero-order valence-corrected chi connectivity index (χ0v) is 7.78. The molecule has 0 aliphatic carbocycles. The molecule has 0 saturated carbocycles. The van der Waals surface area contributed by atoms with Crippen LogP contribution in [0.15, 0.2) is 12.3 Å². The fraction of sp³-hybridized carbons (Fsp3) is 0.444. The number of aromatic carboxylic acids is 1. The normalized spacial score (nSPS) is 10.3. The summed E-state index contributed by atoms with van der Waals surface area (Å²) in [6, 6.07) is 1.79. The van der Waals surface area contributed by atoms with Crippen LogP contribution in [0, 0.1) is 6.92 Å². The third-order valence-electron chi connectivity index (χ3n) is 1.90. The van der Waals surface area contributed by atoms with Gasteiger partial charge in [0.1, 0.15) is 5.69 Å². The van der Waals surface area contributed by atoms with Crippen LogP contribution in [0.25, 0.3) is 0 Å². The molecule has 0 spiro atoms. The number of carboxylic acids is 1. The summed E-state index contributed by atoms with van der Waals surface area (Å²) in [5.74, 6) is -0.890. The lowest BCUT2D eigenvalue weighted by Crippen LogP contribution is -2.11. The molecular weight excluding hydrogens is 170 g/mol. The second-order valence-electron chi connectivity index (χ2n) is 2.84. The summed E-state index contributed by atoms with van der Waals surface area (Å²) in [6.07, 6.45) is 1.76. The Morgan fingerprint density at radius 3 is 2.92 bits per heavy atom. The minimum absolute atomic E-state index is 0.344. The van der Waals surface area contributed by atoms with Crippen LogP contribution >= 0.6 is 0 Å². The molecule has 4 heteroatoms. The van der Waals surface area contributed by atoms with E-state index in [4.69, 9.17) is 9.84 Å². The third kappa shape index (κ3) is 2.09. The summed E-state index contributed by atoms with van der Waals surface area (Å²) in [6.45, 7) is 2.88. The van der Waals surface area contributed by atoms with E-state index in [1.807, 2.05) is 0 Å². The van der Waals surface area contributed by atoms with Crippen LogP contribution in [0.5, 0.6) is 0 Å². The zero-order chi connectivity index (χ0) is 9.84. The Hall–Kier alpha value is -1.29. The van der Waals surface area contributed by atoms with Crippen molar-refractivity contribution in [3.63, 3.8) is 0 Å². The number of nitrogens with zero attached hydrogens (tertiary/aromatic N) is 1. The van der Waals surface area contributed by atoms with Crippen LogP contribution in [-0.4, -0.2) is 29.4 Å². The van der Waals surface area contributed by atoms with Crippen molar-refractivity contribution in [3.05, 3.63) is 23.5 Å². The summed E-state index contributed by atoms with van der Waals surface area (Å²) in [7, 11) is 1.59. The number of methoxy groups -OCH3 is 1. The maximum Gasteiger partial charge on any atom is 0.352 e. The number of aromatic nitrogens is 1. The van der Waals surface area contributed by atoms with Gasteiger partial charge in [0.2, 0.25) is 0 Å². The van der Waals surface area contributed by atoms with E-state index in [9.17, 15) is 4.79 Å². The van der Waals surface area contributed by atoms with Crippen molar-refractivity contribution in [1.82, 2.24) is 4.57 Å². The summed E-state index contributed by atoms with van der Waals surface area (Å²) in [4.78, 5) is 10.8. The van der Waals surface area contributed by atoms with E-state index in [0.717, 1.165) is 5.56 Å². The monoisotopic (exact) mass is 183 g/mol. The van der Waals surface area contributed by atoms with Crippen LogP contribution in [0.2, 0.25) is 0 Å². The van der Waals surface area contributed by atoms with Crippen molar-refractivity contribution < 1.29 is 14.6 Å². The fourth-order valence-corrected chi connectivity index (χ4v) is 1.25. The molecule has 0 radical (unpaired) electrons. The van der Waals surface area contributed by atoms with Crippen LogP contribution in [0.1, 0.15) is 16.1 Å². The summed E-state index contributed by atoms with van der Waals surface area (Å²) >= 11 is 0. The SMILES string of the molecule is COCCn1ccc(C)c1C(=O)O. The molecule has 1 aromatic heterocycles. The van der Waals surface area contributed by atoms with Gasteiger partial charge >= 0.3 is 5.97 Å². The molecule has 0 aromatic carbocycles. The van der Waals surface area contributed by atoms with E-state index in [-0.39, 0.29) is 0 Å². The van der Waals surface area contributed by atoms with Gasteiger partial charge in [-0.15, -0.1) is 0 Å². The number of carbonyl (C=O) groups is 1. The van der Waals surface area contributed by atoms with E-state index in [1.54, 1.807) is 30.9 Å². The molecule has 0 unspecified atom stereocenters. The van der Waals surface area contributed by atoms with Crippen molar-refractivity contribution in [1.29, 1.82) is 0 Å². The number of carboxylic acid groups (broad SMARTS) is 1. The van der Waals surface area contributed by atoms with Crippen molar-refractivity contribution >= 4 is 5.97 Å². The van der Waals surface area contributed by atoms with E-state index >= 15 is 0 Å². The highest BCUT2D eigenvalue weighted by Gasteiger charge is 2.12. The summed E-state index contributed by atoms with van der Waals surface area (Å²) in [5, 5.41) is 8.87. The van der Waals surface area contributed by atoms with Gasteiger partial charge in [-0.25, -0.2) is 4.79 Å². The van der Waals surface area contributed by atoms with E-state index in [0.29, 0.717) is 18.8 Å².